The molecule has 176 valence electrons. The summed E-state index contributed by atoms with van der Waals surface area (Å²) in [6.45, 7) is 2.58. The lowest BCUT2D eigenvalue weighted by atomic mass is 9.58. The SMILES string of the molecule is CC12CC=C3C=C4CC[C@@H](NC5CC5)C[C@]45CC[C@]3(O5)[C@@H]1CCC2c1ccc2ccncc2c1. The van der Waals surface area contributed by atoms with Crippen molar-refractivity contribution < 1.29 is 4.74 Å². The molecule has 3 heterocycles. The first-order valence-corrected chi connectivity index (χ1v) is 13.8. The summed E-state index contributed by atoms with van der Waals surface area (Å²) in [5.74, 6) is 1.21. The minimum atomic E-state index is -0.0505. The van der Waals surface area contributed by atoms with Crippen LogP contribution in [0.2, 0.25) is 0 Å². The number of nitrogens with one attached hydrogen (secondary N) is 1. The van der Waals surface area contributed by atoms with Gasteiger partial charge >= 0.3 is 0 Å². The van der Waals surface area contributed by atoms with E-state index in [4.69, 9.17) is 4.74 Å². The quantitative estimate of drug-likeness (QED) is 0.570. The summed E-state index contributed by atoms with van der Waals surface area (Å²) in [7, 11) is 0. The average Bonchev–Trinajstić information content (AvgIpc) is 3.52. The van der Waals surface area contributed by atoms with Crippen LogP contribution >= 0.6 is 0 Å². The fourth-order valence-electron chi connectivity index (χ4n) is 9.00. The molecular weight excluding hydrogens is 416 g/mol. The van der Waals surface area contributed by atoms with Crippen molar-refractivity contribution in [3.05, 3.63) is 65.5 Å². The Bertz CT molecular complexity index is 1240. The van der Waals surface area contributed by atoms with Crippen molar-refractivity contribution >= 4 is 10.8 Å². The fraction of sp³-hybridized carbons (Fsp3) is 0.581. The van der Waals surface area contributed by atoms with Crippen molar-refractivity contribution in [3.63, 3.8) is 0 Å². The van der Waals surface area contributed by atoms with E-state index in [1.165, 1.54) is 86.1 Å². The Morgan fingerprint density at radius 2 is 1.94 bits per heavy atom. The van der Waals surface area contributed by atoms with E-state index < -0.39 is 0 Å². The molecule has 1 aromatic carbocycles. The number of fused-ring (bicyclic) bond motifs is 2. The smallest absolute Gasteiger partial charge is 0.0974 e. The summed E-state index contributed by atoms with van der Waals surface area (Å²) in [5, 5.41) is 6.51. The molecule has 0 amide bonds. The Labute approximate surface area is 203 Å². The molecule has 34 heavy (non-hydrogen) atoms. The lowest BCUT2D eigenvalue weighted by molar-refractivity contribution is -0.136. The maximum absolute atomic E-state index is 7.46. The molecule has 2 unspecified atom stereocenters. The molecule has 3 nitrogen and oxygen atoms in total. The summed E-state index contributed by atoms with van der Waals surface area (Å²) in [4.78, 5) is 4.39. The number of ether oxygens (including phenoxy) is 1. The highest BCUT2D eigenvalue weighted by Gasteiger charge is 2.66. The fourth-order valence-corrected chi connectivity index (χ4v) is 9.00. The van der Waals surface area contributed by atoms with Gasteiger partial charge in [0, 0.05) is 29.9 Å². The van der Waals surface area contributed by atoms with Gasteiger partial charge in [-0.15, -0.1) is 0 Å². The molecule has 0 radical (unpaired) electrons. The third-order valence-corrected chi connectivity index (χ3v) is 10.8. The van der Waals surface area contributed by atoms with Crippen LogP contribution in [-0.2, 0) is 4.74 Å². The zero-order valence-electron chi connectivity index (χ0n) is 20.4. The maximum atomic E-state index is 7.46. The molecule has 6 aliphatic rings. The molecule has 3 saturated carbocycles. The Kier molecular flexibility index (Phi) is 4.06. The second-order valence-corrected chi connectivity index (χ2v) is 12.6. The first-order valence-electron chi connectivity index (χ1n) is 13.8. The summed E-state index contributed by atoms with van der Waals surface area (Å²) >= 11 is 0. The van der Waals surface area contributed by atoms with E-state index in [1.54, 1.807) is 5.57 Å². The average molecular weight is 453 g/mol. The second kappa shape index (κ2) is 6.83. The molecular formula is C31H36N2O. The van der Waals surface area contributed by atoms with Gasteiger partial charge < -0.3 is 10.1 Å². The van der Waals surface area contributed by atoms with Gasteiger partial charge in [0.1, 0.15) is 0 Å². The number of benzene rings is 1. The van der Waals surface area contributed by atoms with Crippen LogP contribution in [0.5, 0.6) is 0 Å². The van der Waals surface area contributed by atoms with E-state index in [0.717, 1.165) is 6.04 Å². The van der Waals surface area contributed by atoms with Gasteiger partial charge in [-0.3, -0.25) is 4.98 Å². The molecule has 6 atom stereocenters. The van der Waals surface area contributed by atoms with Crippen molar-refractivity contribution in [3.8, 4) is 0 Å². The van der Waals surface area contributed by atoms with Crippen LogP contribution in [0.15, 0.2) is 60.0 Å². The Hall–Kier alpha value is -1.97. The van der Waals surface area contributed by atoms with Gasteiger partial charge in [0.05, 0.1) is 11.2 Å². The van der Waals surface area contributed by atoms with E-state index >= 15 is 0 Å². The number of rotatable bonds is 3. The van der Waals surface area contributed by atoms with Crippen molar-refractivity contribution in [1.29, 1.82) is 0 Å². The van der Waals surface area contributed by atoms with Crippen molar-refractivity contribution in [2.75, 3.05) is 0 Å². The van der Waals surface area contributed by atoms with Gasteiger partial charge in [0.2, 0.25) is 0 Å². The summed E-state index contributed by atoms with van der Waals surface area (Å²) < 4.78 is 7.46. The van der Waals surface area contributed by atoms with E-state index in [9.17, 15) is 0 Å². The Balaban J connectivity index is 1.15. The predicted octanol–water partition coefficient (Wildman–Crippen LogP) is 6.60. The summed E-state index contributed by atoms with van der Waals surface area (Å²) in [6.07, 6.45) is 21.7. The molecule has 2 aliphatic heterocycles. The van der Waals surface area contributed by atoms with E-state index in [1.807, 2.05) is 12.4 Å². The first-order chi connectivity index (χ1) is 16.6. The van der Waals surface area contributed by atoms with Gasteiger partial charge in [0.15, 0.2) is 0 Å². The standard InChI is InChI=1S/C31H36N2O/c1-29-12-10-24-17-23-4-5-26(33-25-6-7-25)18-30(23)13-14-31(24,34-30)28(29)9-8-27(29)21-3-2-20-11-15-32-19-22(20)16-21/h2-3,10-11,15-17,19,25-28,33H,4-9,12-14,18H2,1H3/t26-,27?,28-,29?,30-,31-/m1/s1. The van der Waals surface area contributed by atoms with Gasteiger partial charge in [-0.2, -0.15) is 0 Å². The number of nitrogens with zero attached hydrogens (tertiary/aromatic N) is 1. The monoisotopic (exact) mass is 452 g/mol. The highest BCUT2D eigenvalue weighted by Crippen LogP contribution is 2.69. The third-order valence-electron chi connectivity index (χ3n) is 10.8. The van der Waals surface area contributed by atoms with Crippen LogP contribution in [0.4, 0.5) is 0 Å². The van der Waals surface area contributed by atoms with Gasteiger partial charge in [-0.05, 0) is 116 Å². The van der Waals surface area contributed by atoms with Gasteiger partial charge in [-0.25, -0.2) is 0 Å². The van der Waals surface area contributed by atoms with Crippen molar-refractivity contribution in [1.82, 2.24) is 10.3 Å². The van der Waals surface area contributed by atoms with E-state index in [0.29, 0.717) is 17.9 Å². The minimum Gasteiger partial charge on any atom is -0.359 e. The summed E-state index contributed by atoms with van der Waals surface area (Å²) in [6, 6.07) is 10.7. The Morgan fingerprint density at radius 3 is 2.85 bits per heavy atom. The molecule has 2 spiro atoms. The van der Waals surface area contributed by atoms with Gasteiger partial charge in [-0.1, -0.05) is 31.2 Å². The third kappa shape index (κ3) is 2.69. The number of pyridine rings is 1. The number of aromatic nitrogens is 1. The summed E-state index contributed by atoms with van der Waals surface area (Å²) in [5.41, 5.74) is 4.87. The molecule has 8 rings (SSSR count). The zero-order valence-corrected chi connectivity index (χ0v) is 20.4. The van der Waals surface area contributed by atoms with Crippen LogP contribution < -0.4 is 5.32 Å². The number of hydrogen-bond donors (Lipinski definition) is 1. The lowest BCUT2D eigenvalue weighted by Crippen LogP contribution is -2.55. The van der Waals surface area contributed by atoms with Gasteiger partial charge in [0.25, 0.3) is 0 Å². The largest absolute Gasteiger partial charge is 0.359 e. The van der Waals surface area contributed by atoms with Crippen LogP contribution in [0, 0.1) is 11.3 Å². The molecule has 3 heteroatoms. The lowest BCUT2D eigenvalue weighted by Gasteiger charge is -2.54. The molecule has 4 aliphatic carbocycles. The molecule has 2 aromatic rings. The number of allylic oxidation sites excluding steroid dienone is 1. The molecule has 4 fully saturated rings. The van der Waals surface area contributed by atoms with Crippen LogP contribution in [0.1, 0.15) is 82.6 Å². The molecule has 1 aromatic heterocycles. The van der Waals surface area contributed by atoms with E-state index in [-0.39, 0.29) is 16.6 Å². The highest BCUT2D eigenvalue weighted by molar-refractivity contribution is 5.82. The predicted molar refractivity (Wildman–Crippen MR) is 136 cm³/mol. The van der Waals surface area contributed by atoms with Crippen molar-refractivity contribution in [2.24, 2.45) is 11.3 Å². The van der Waals surface area contributed by atoms with Crippen LogP contribution in [0.25, 0.3) is 10.8 Å². The molecule has 1 N–H and O–H groups in total. The normalized spacial score (nSPS) is 42.6. The van der Waals surface area contributed by atoms with Crippen LogP contribution in [-0.4, -0.2) is 28.3 Å². The second-order valence-electron chi connectivity index (χ2n) is 12.6. The van der Waals surface area contributed by atoms with E-state index in [2.05, 4.69) is 53.6 Å². The topological polar surface area (TPSA) is 34.1 Å². The maximum Gasteiger partial charge on any atom is 0.0974 e. The van der Waals surface area contributed by atoms with Crippen molar-refractivity contribution in [2.45, 2.75) is 100 Å². The Morgan fingerprint density at radius 1 is 1.00 bits per heavy atom. The minimum absolute atomic E-state index is 0.00705. The first kappa shape index (κ1) is 20.2. The highest BCUT2D eigenvalue weighted by atomic mass is 16.5. The van der Waals surface area contributed by atoms with Crippen LogP contribution in [0.3, 0.4) is 0 Å². The molecule has 1 saturated heterocycles. The zero-order chi connectivity index (χ0) is 22.5. The molecule has 2 bridgehead atoms. The number of hydrogen-bond acceptors (Lipinski definition) is 3.